The van der Waals surface area contributed by atoms with Crippen molar-refractivity contribution in [3.05, 3.63) is 93.8 Å². The molecule has 0 radical (unpaired) electrons. The van der Waals surface area contributed by atoms with Crippen LogP contribution >= 0.6 is 23.5 Å². The molecule has 0 saturated heterocycles. The van der Waals surface area contributed by atoms with E-state index in [-0.39, 0.29) is 33.8 Å². The number of halogens is 3. The van der Waals surface area contributed by atoms with Crippen molar-refractivity contribution < 1.29 is 18.0 Å². The second-order valence-electron chi connectivity index (χ2n) is 12.7. The molecule has 12 heteroatoms. The minimum Gasteiger partial charge on any atom is -0.386 e. The van der Waals surface area contributed by atoms with Gasteiger partial charge in [-0.1, -0.05) is 49.9 Å². The standard InChI is InChI=1S/C36H40F3N5O2S2/c1-35(2,15-16-36(3,34(40)42-5)23-8-6-7-22(19-23)9-12-29(45)44-46)21-47-18-14-26-25-13-17-43-32(25)30(38)31(39)33(26)48-24-10-11-27(37)28(20-24)41-4/h6-8,10-11,13,17,19-20,40-41,43H,5,9,12,14-16,18,21H2,1-4H3/t36-/m1/s1. The average molecular weight is 696 g/mol. The maximum absolute atomic E-state index is 15.5. The van der Waals surface area contributed by atoms with Crippen molar-refractivity contribution in [1.82, 2.24) is 4.98 Å². The Morgan fingerprint density at radius 3 is 2.52 bits per heavy atom. The number of aliphatic imine (C=N–C) groups is 1. The molecule has 0 aliphatic rings. The van der Waals surface area contributed by atoms with Gasteiger partial charge in [-0.15, -0.1) is 4.91 Å². The van der Waals surface area contributed by atoms with Crippen LogP contribution in [0.15, 0.2) is 74.7 Å². The number of aromatic nitrogens is 1. The van der Waals surface area contributed by atoms with Gasteiger partial charge in [-0.2, -0.15) is 11.8 Å². The lowest BCUT2D eigenvalue weighted by Gasteiger charge is -2.33. The third-order valence-corrected chi connectivity index (χ3v) is 11.2. The molecule has 0 aliphatic heterocycles. The minimum absolute atomic E-state index is 0.0227. The zero-order valence-corrected chi connectivity index (χ0v) is 29.1. The van der Waals surface area contributed by atoms with Crippen LogP contribution in [0.2, 0.25) is 0 Å². The predicted octanol–water partition coefficient (Wildman–Crippen LogP) is 9.72. The Hall–Kier alpha value is -3.90. The monoisotopic (exact) mass is 695 g/mol. The van der Waals surface area contributed by atoms with E-state index in [1.807, 2.05) is 31.2 Å². The van der Waals surface area contributed by atoms with Crippen LogP contribution in [0, 0.1) is 33.2 Å². The third kappa shape index (κ3) is 8.57. The molecule has 0 unspecified atom stereocenters. The summed E-state index contributed by atoms with van der Waals surface area (Å²) in [5.41, 5.74) is 1.98. The van der Waals surface area contributed by atoms with E-state index >= 15 is 8.78 Å². The number of H-pyrrole nitrogens is 1. The Morgan fingerprint density at radius 1 is 1.04 bits per heavy atom. The zero-order chi connectivity index (χ0) is 35.1. The fourth-order valence-electron chi connectivity index (χ4n) is 5.62. The van der Waals surface area contributed by atoms with Gasteiger partial charge in [-0.25, -0.2) is 18.2 Å². The van der Waals surface area contributed by atoms with Gasteiger partial charge in [0.05, 0.1) is 21.5 Å². The van der Waals surface area contributed by atoms with E-state index in [2.05, 4.69) is 41.0 Å². The van der Waals surface area contributed by atoms with E-state index in [0.29, 0.717) is 40.9 Å². The van der Waals surface area contributed by atoms with Gasteiger partial charge < -0.3 is 10.3 Å². The molecule has 0 saturated carbocycles. The Bertz CT molecular complexity index is 1830. The van der Waals surface area contributed by atoms with Crippen LogP contribution in [-0.2, 0) is 23.1 Å². The highest BCUT2D eigenvalue weighted by molar-refractivity contribution is 7.99. The Kier molecular flexibility index (Phi) is 12.3. The number of amides is 1. The maximum Gasteiger partial charge on any atom is 0.286 e. The summed E-state index contributed by atoms with van der Waals surface area (Å²) >= 11 is 2.80. The molecule has 1 atom stereocenters. The van der Waals surface area contributed by atoms with Gasteiger partial charge in [0.15, 0.2) is 11.6 Å². The molecule has 7 nitrogen and oxygen atoms in total. The maximum atomic E-state index is 15.5. The van der Waals surface area contributed by atoms with Crippen molar-refractivity contribution in [1.29, 1.82) is 5.41 Å². The molecule has 0 fully saturated rings. The highest BCUT2D eigenvalue weighted by Crippen LogP contribution is 2.41. The van der Waals surface area contributed by atoms with Crippen molar-refractivity contribution in [2.45, 2.75) is 68.1 Å². The summed E-state index contributed by atoms with van der Waals surface area (Å²) in [6, 6.07) is 13.8. The van der Waals surface area contributed by atoms with Crippen LogP contribution in [0.3, 0.4) is 0 Å². The van der Waals surface area contributed by atoms with E-state index in [0.717, 1.165) is 35.1 Å². The van der Waals surface area contributed by atoms with E-state index in [1.165, 1.54) is 6.07 Å². The topological polar surface area (TPSA) is 111 Å². The molecule has 254 valence electrons. The van der Waals surface area contributed by atoms with Crippen molar-refractivity contribution >= 4 is 58.6 Å². The molecule has 3 N–H and O–H groups in total. The number of aromatic amines is 1. The average Bonchev–Trinajstić information content (AvgIpc) is 3.58. The first kappa shape index (κ1) is 36.9. The van der Waals surface area contributed by atoms with Crippen LogP contribution in [0.25, 0.3) is 10.9 Å². The normalized spacial score (nSPS) is 12.9. The number of aryl methyl sites for hydroxylation is 2. The number of anilines is 1. The minimum atomic E-state index is -0.939. The number of hydrogen-bond donors (Lipinski definition) is 3. The summed E-state index contributed by atoms with van der Waals surface area (Å²) in [5, 5.41) is 14.5. The number of nitrogens with one attached hydrogen (secondary N) is 3. The van der Waals surface area contributed by atoms with Crippen LogP contribution in [0.1, 0.15) is 56.7 Å². The molecular formula is C36H40F3N5O2S2. The molecular weight excluding hydrogens is 656 g/mol. The van der Waals surface area contributed by atoms with Crippen molar-refractivity contribution in [3.8, 4) is 0 Å². The third-order valence-electron chi connectivity index (χ3n) is 8.65. The number of nitroso groups, excluding NO2 is 1. The SMILES string of the molecule is C=NC(=N)[C@](C)(CCC(C)(C)CSCCc1c(Sc2ccc(F)c(NC)c2)c(F)c(F)c2[nH]ccc12)c1cccc(CCC(=O)N=O)c1. The first-order chi connectivity index (χ1) is 22.8. The summed E-state index contributed by atoms with van der Waals surface area (Å²) in [7, 11) is 1.60. The van der Waals surface area contributed by atoms with Crippen LogP contribution in [-0.4, -0.2) is 42.0 Å². The van der Waals surface area contributed by atoms with Gasteiger partial charge in [0, 0.05) is 35.1 Å². The summed E-state index contributed by atoms with van der Waals surface area (Å²) in [5.74, 6) is -1.41. The molecule has 4 rings (SSSR count). The lowest BCUT2D eigenvalue weighted by molar-refractivity contribution is -0.117. The van der Waals surface area contributed by atoms with Gasteiger partial charge in [-0.05, 0) is 97.2 Å². The highest BCUT2D eigenvalue weighted by atomic mass is 32.2. The van der Waals surface area contributed by atoms with Gasteiger partial charge in [0.1, 0.15) is 11.7 Å². The summed E-state index contributed by atoms with van der Waals surface area (Å²) in [6.45, 7) is 9.90. The smallest absolute Gasteiger partial charge is 0.286 e. The first-order valence-electron chi connectivity index (χ1n) is 15.5. The lowest BCUT2D eigenvalue weighted by Crippen LogP contribution is -2.33. The molecule has 1 aromatic heterocycles. The summed E-state index contributed by atoms with van der Waals surface area (Å²) < 4.78 is 44.7. The molecule has 48 heavy (non-hydrogen) atoms. The molecule has 1 amide bonds. The van der Waals surface area contributed by atoms with Gasteiger partial charge >= 0.3 is 0 Å². The number of carbonyl (C=O) groups excluding carboxylic acids is 1. The Morgan fingerprint density at radius 2 is 1.81 bits per heavy atom. The molecule has 4 aromatic rings. The van der Waals surface area contributed by atoms with Crippen molar-refractivity contribution in [3.63, 3.8) is 0 Å². The number of fused-ring (bicyclic) bond motifs is 1. The number of thioether (sulfide) groups is 1. The highest BCUT2D eigenvalue weighted by Gasteiger charge is 2.34. The predicted molar refractivity (Wildman–Crippen MR) is 193 cm³/mol. The largest absolute Gasteiger partial charge is 0.386 e. The van der Waals surface area contributed by atoms with E-state index in [1.54, 1.807) is 43.2 Å². The fourth-order valence-corrected chi connectivity index (χ4v) is 7.88. The van der Waals surface area contributed by atoms with Gasteiger partial charge in [0.25, 0.3) is 5.91 Å². The second-order valence-corrected chi connectivity index (χ2v) is 14.9. The van der Waals surface area contributed by atoms with Gasteiger partial charge in [-0.3, -0.25) is 10.2 Å². The molecule has 3 aromatic carbocycles. The second kappa shape index (κ2) is 16.0. The van der Waals surface area contributed by atoms with Crippen molar-refractivity contribution in [2.24, 2.45) is 15.6 Å². The van der Waals surface area contributed by atoms with Crippen LogP contribution < -0.4 is 5.32 Å². The molecule has 0 bridgehead atoms. The number of hydrogen-bond acceptors (Lipinski definition) is 6. The van der Waals surface area contributed by atoms with Gasteiger partial charge in [0.2, 0.25) is 0 Å². The van der Waals surface area contributed by atoms with E-state index in [4.69, 9.17) is 5.41 Å². The Labute approximate surface area is 287 Å². The van der Waals surface area contributed by atoms with Crippen molar-refractivity contribution in [2.75, 3.05) is 23.9 Å². The first-order valence-corrected chi connectivity index (χ1v) is 17.5. The number of carbonyl (C=O) groups is 1. The summed E-state index contributed by atoms with van der Waals surface area (Å²) in [4.78, 5) is 29.5. The number of nitrogens with zero attached hydrogens (tertiary/aromatic N) is 2. The lowest BCUT2D eigenvalue weighted by atomic mass is 9.73. The fraction of sp³-hybridized carbons (Fsp3) is 0.361. The van der Waals surface area contributed by atoms with Crippen LogP contribution in [0.4, 0.5) is 18.9 Å². The number of rotatable bonds is 16. The number of benzene rings is 3. The quantitative estimate of drug-likeness (QED) is 0.0468. The Balaban J connectivity index is 1.46. The van der Waals surface area contributed by atoms with Crippen LogP contribution in [0.5, 0.6) is 0 Å². The number of amidine groups is 1. The molecule has 0 aliphatic carbocycles. The van der Waals surface area contributed by atoms with E-state index in [9.17, 15) is 14.1 Å². The van der Waals surface area contributed by atoms with E-state index < -0.39 is 28.8 Å². The summed E-state index contributed by atoms with van der Waals surface area (Å²) in [6.07, 6.45) is 3.87. The molecule has 1 heterocycles. The molecule has 0 spiro atoms. The zero-order valence-electron chi connectivity index (χ0n) is 27.5.